The molecule has 0 aliphatic heterocycles. The molecular formula is C20H21NO. The molecule has 0 bridgehead atoms. The van der Waals surface area contributed by atoms with Crippen molar-refractivity contribution in [3.8, 4) is 6.07 Å². The summed E-state index contributed by atoms with van der Waals surface area (Å²) in [4.78, 5) is 0. The highest BCUT2D eigenvalue weighted by atomic mass is 16.5. The molecule has 2 heteroatoms. The summed E-state index contributed by atoms with van der Waals surface area (Å²) in [7, 11) is 0. The molecule has 0 unspecified atom stereocenters. The molecule has 22 heavy (non-hydrogen) atoms. The molecule has 2 nitrogen and oxygen atoms in total. The van der Waals surface area contributed by atoms with Crippen LogP contribution < -0.4 is 0 Å². The molecule has 0 fully saturated rings. The van der Waals surface area contributed by atoms with Gasteiger partial charge in [-0.3, -0.25) is 0 Å². The topological polar surface area (TPSA) is 33.0 Å². The summed E-state index contributed by atoms with van der Waals surface area (Å²) < 4.78 is 6.03. The summed E-state index contributed by atoms with van der Waals surface area (Å²) in [5.41, 5.74) is 2.28. The number of ether oxygens (including phenoxy) is 1. The van der Waals surface area contributed by atoms with E-state index >= 15 is 0 Å². The van der Waals surface area contributed by atoms with E-state index in [1.54, 1.807) is 0 Å². The second-order valence-electron chi connectivity index (χ2n) is 5.37. The smallest absolute Gasteiger partial charge is 0.0798 e. The first-order valence-corrected chi connectivity index (χ1v) is 7.55. The molecule has 0 saturated carbocycles. The maximum Gasteiger partial charge on any atom is 0.0798 e. The van der Waals surface area contributed by atoms with Gasteiger partial charge < -0.3 is 4.74 Å². The van der Waals surface area contributed by atoms with Crippen molar-refractivity contribution in [3.05, 3.63) is 77.9 Å². The molecule has 0 spiro atoms. The van der Waals surface area contributed by atoms with Gasteiger partial charge in [-0.15, -0.1) is 0 Å². The van der Waals surface area contributed by atoms with Crippen LogP contribution >= 0.6 is 0 Å². The molecule has 0 N–H and O–H groups in total. The summed E-state index contributed by atoms with van der Waals surface area (Å²) in [6, 6.07) is 22.5. The zero-order chi connectivity index (χ0) is 15.6. The van der Waals surface area contributed by atoms with Crippen LogP contribution in [0.3, 0.4) is 0 Å². The number of rotatable bonds is 7. The molecule has 2 aromatic carbocycles. The van der Waals surface area contributed by atoms with Gasteiger partial charge in [0.1, 0.15) is 0 Å². The normalized spacial score (nSPS) is 13.6. The minimum atomic E-state index is -0.0694. The van der Waals surface area contributed by atoms with E-state index in [4.69, 9.17) is 10.00 Å². The summed E-state index contributed by atoms with van der Waals surface area (Å²) in [5.74, 6) is 0.161. The van der Waals surface area contributed by atoms with Gasteiger partial charge in [-0.2, -0.15) is 5.26 Å². The Balaban J connectivity index is 2.03. The van der Waals surface area contributed by atoms with E-state index in [1.165, 1.54) is 0 Å². The first-order valence-electron chi connectivity index (χ1n) is 7.55. The second kappa shape index (κ2) is 8.81. The third-order valence-electron chi connectivity index (χ3n) is 3.54. The maximum atomic E-state index is 8.93. The molecule has 0 radical (unpaired) electrons. The van der Waals surface area contributed by atoms with Gasteiger partial charge in [0.25, 0.3) is 0 Å². The first kappa shape index (κ1) is 16.0. The van der Waals surface area contributed by atoms with Crippen LogP contribution in [0, 0.1) is 17.2 Å². The average Bonchev–Trinajstić information content (AvgIpc) is 2.57. The number of nitrogens with zero attached hydrogens (tertiary/aromatic N) is 1. The van der Waals surface area contributed by atoms with Crippen LogP contribution in [0.5, 0.6) is 0 Å². The molecule has 0 aliphatic rings. The third kappa shape index (κ3) is 5.20. The number of benzene rings is 2. The average molecular weight is 291 g/mol. The molecule has 0 amide bonds. The lowest BCUT2D eigenvalue weighted by Crippen LogP contribution is -2.19. The van der Waals surface area contributed by atoms with E-state index in [-0.39, 0.29) is 12.0 Å². The standard InChI is InChI=1S/C20H21NO/c1-17(14-15-21)20(13-12-18-8-4-2-5-9-18)22-16-19-10-6-3-7-11-19/h2-13,17,20H,14,16H2,1H3/b13-12+/t17-,20+/m0/s1. The second-order valence-corrected chi connectivity index (χ2v) is 5.37. The van der Waals surface area contributed by atoms with Gasteiger partial charge in [-0.25, -0.2) is 0 Å². The first-order chi connectivity index (χ1) is 10.8. The minimum Gasteiger partial charge on any atom is -0.369 e. The van der Waals surface area contributed by atoms with Gasteiger partial charge >= 0.3 is 0 Å². The van der Waals surface area contributed by atoms with Crippen molar-refractivity contribution < 1.29 is 4.74 Å². The van der Waals surface area contributed by atoms with Crippen molar-refractivity contribution in [1.82, 2.24) is 0 Å². The van der Waals surface area contributed by atoms with Crippen molar-refractivity contribution in [1.29, 1.82) is 5.26 Å². The Labute approximate surface area is 132 Å². The van der Waals surface area contributed by atoms with Crippen LogP contribution in [0.15, 0.2) is 66.7 Å². The summed E-state index contributed by atoms with van der Waals surface area (Å²) >= 11 is 0. The Hall–Kier alpha value is -2.37. The molecule has 2 rings (SSSR count). The SMILES string of the molecule is C[C@@H](CC#N)[C@@H](/C=C/c1ccccc1)OCc1ccccc1. The van der Waals surface area contributed by atoms with E-state index < -0.39 is 0 Å². The quantitative estimate of drug-likeness (QED) is 0.731. The fourth-order valence-corrected chi connectivity index (χ4v) is 2.21. The Bertz CT molecular complexity index is 613. The molecular weight excluding hydrogens is 270 g/mol. The number of hydrogen-bond acceptors (Lipinski definition) is 2. The number of hydrogen-bond donors (Lipinski definition) is 0. The fraction of sp³-hybridized carbons (Fsp3) is 0.250. The van der Waals surface area contributed by atoms with Crippen molar-refractivity contribution >= 4 is 6.08 Å². The molecule has 0 aliphatic carbocycles. The zero-order valence-electron chi connectivity index (χ0n) is 12.9. The summed E-state index contributed by atoms with van der Waals surface area (Å²) in [6.45, 7) is 2.61. The predicted molar refractivity (Wildman–Crippen MR) is 89.9 cm³/mol. The van der Waals surface area contributed by atoms with Crippen LogP contribution in [0.1, 0.15) is 24.5 Å². The molecule has 0 heterocycles. The Morgan fingerprint density at radius 2 is 1.68 bits per heavy atom. The molecule has 2 atom stereocenters. The van der Waals surface area contributed by atoms with E-state index in [0.717, 1.165) is 11.1 Å². The van der Waals surface area contributed by atoms with E-state index in [1.807, 2.05) is 55.5 Å². The third-order valence-corrected chi connectivity index (χ3v) is 3.54. The largest absolute Gasteiger partial charge is 0.369 e. The van der Waals surface area contributed by atoms with Crippen LogP contribution in [0.25, 0.3) is 6.08 Å². The lowest BCUT2D eigenvalue weighted by Gasteiger charge is -2.19. The lowest BCUT2D eigenvalue weighted by molar-refractivity contribution is 0.0396. The zero-order valence-corrected chi connectivity index (χ0v) is 12.9. The molecule has 2 aromatic rings. The van der Waals surface area contributed by atoms with Crippen molar-refractivity contribution in [2.45, 2.75) is 26.1 Å². The van der Waals surface area contributed by atoms with Gasteiger partial charge in [0.15, 0.2) is 0 Å². The lowest BCUT2D eigenvalue weighted by atomic mass is 10.00. The highest BCUT2D eigenvalue weighted by molar-refractivity contribution is 5.49. The highest BCUT2D eigenvalue weighted by Crippen LogP contribution is 2.17. The highest BCUT2D eigenvalue weighted by Gasteiger charge is 2.15. The van der Waals surface area contributed by atoms with E-state index in [9.17, 15) is 0 Å². The van der Waals surface area contributed by atoms with Gasteiger partial charge in [-0.05, 0) is 17.0 Å². The summed E-state index contributed by atoms with van der Waals surface area (Å²) in [5, 5.41) is 8.93. The fourth-order valence-electron chi connectivity index (χ4n) is 2.21. The summed E-state index contributed by atoms with van der Waals surface area (Å²) in [6.07, 6.45) is 4.53. The van der Waals surface area contributed by atoms with Crippen LogP contribution in [-0.2, 0) is 11.3 Å². The Morgan fingerprint density at radius 3 is 2.32 bits per heavy atom. The van der Waals surface area contributed by atoms with Crippen molar-refractivity contribution in [3.63, 3.8) is 0 Å². The van der Waals surface area contributed by atoms with Gasteiger partial charge in [0, 0.05) is 6.42 Å². The maximum absolute atomic E-state index is 8.93. The van der Waals surface area contributed by atoms with Gasteiger partial charge in [0.05, 0.1) is 18.8 Å². The monoisotopic (exact) mass is 291 g/mol. The van der Waals surface area contributed by atoms with Gasteiger partial charge in [-0.1, -0.05) is 79.7 Å². The van der Waals surface area contributed by atoms with E-state index in [0.29, 0.717) is 13.0 Å². The van der Waals surface area contributed by atoms with Crippen molar-refractivity contribution in [2.75, 3.05) is 0 Å². The van der Waals surface area contributed by atoms with Crippen molar-refractivity contribution in [2.24, 2.45) is 5.92 Å². The Kier molecular flexibility index (Phi) is 6.41. The molecule has 0 aromatic heterocycles. The van der Waals surface area contributed by atoms with Crippen LogP contribution in [0.4, 0.5) is 0 Å². The number of nitriles is 1. The molecule has 0 saturated heterocycles. The van der Waals surface area contributed by atoms with E-state index in [2.05, 4.69) is 30.4 Å². The minimum absolute atomic E-state index is 0.0694. The Morgan fingerprint density at radius 1 is 1.05 bits per heavy atom. The molecule has 112 valence electrons. The predicted octanol–water partition coefficient (Wildman–Crippen LogP) is 4.83. The van der Waals surface area contributed by atoms with Crippen LogP contribution in [-0.4, -0.2) is 6.10 Å². The van der Waals surface area contributed by atoms with Gasteiger partial charge in [0.2, 0.25) is 0 Å². The van der Waals surface area contributed by atoms with Crippen LogP contribution in [0.2, 0.25) is 0 Å².